The van der Waals surface area contributed by atoms with Gasteiger partial charge >= 0.3 is 0 Å². The molecule has 0 bridgehead atoms. The number of amides is 1. The summed E-state index contributed by atoms with van der Waals surface area (Å²) in [5, 5.41) is 2.97. The fraction of sp³-hybridized carbons (Fsp3) is 0.381. The minimum atomic E-state index is -3.66. The zero-order valence-corrected chi connectivity index (χ0v) is 17.6. The lowest BCUT2D eigenvalue weighted by atomic mass is 10.0. The van der Waals surface area contributed by atoms with Crippen LogP contribution in [0.5, 0.6) is 5.75 Å². The Labute approximate surface area is 167 Å². The molecule has 0 aliphatic heterocycles. The molecule has 2 atom stereocenters. The smallest absolute Gasteiger partial charge is 0.244 e. The normalized spacial score (nSPS) is 13.4. The minimum absolute atomic E-state index is 0.183. The SMILES string of the molecule is CCOc1ccc(N([C@@H](C)C(=O)N[C@H](CC)c2ccccc2)S(C)(=O)=O)cc1. The molecule has 2 rings (SSSR count). The van der Waals surface area contributed by atoms with E-state index >= 15 is 0 Å². The molecule has 0 fully saturated rings. The van der Waals surface area contributed by atoms with Gasteiger partial charge in [0.25, 0.3) is 0 Å². The maximum atomic E-state index is 12.9. The predicted octanol–water partition coefficient (Wildman–Crippen LogP) is 3.51. The fourth-order valence-electron chi connectivity index (χ4n) is 3.06. The lowest BCUT2D eigenvalue weighted by molar-refractivity contribution is -0.122. The van der Waals surface area contributed by atoms with Crippen molar-refractivity contribution in [3.63, 3.8) is 0 Å². The van der Waals surface area contributed by atoms with Gasteiger partial charge in [0.15, 0.2) is 0 Å². The molecule has 152 valence electrons. The Bertz CT molecular complexity index is 867. The number of anilines is 1. The predicted molar refractivity (Wildman–Crippen MR) is 112 cm³/mol. The number of benzene rings is 2. The minimum Gasteiger partial charge on any atom is -0.494 e. The summed E-state index contributed by atoms with van der Waals surface area (Å²) >= 11 is 0. The molecule has 28 heavy (non-hydrogen) atoms. The van der Waals surface area contributed by atoms with Crippen LogP contribution in [0.15, 0.2) is 54.6 Å². The molecule has 0 saturated heterocycles. The average Bonchev–Trinajstić information content (AvgIpc) is 2.67. The molecule has 1 amide bonds. The van der Waals surface area contributed by atoms with Crippen LogP contribution in [0.2, 0.25) is 0 Å². The second-order valence-corrected chi connectivity index (χ2v) is 8.40. The molecule has 2 aromatic rings. The fourth-order valence-corrected chi connectivity index (χ4v) is 4.24. The summed E-state index contributed by atoms with van der Waals surface area (Å²) in [7, 11) is -3.66. The number of nitrogens with one attached hydrogen (secondary N) is 1. The number of nitrogens with zero attached hydrogens (tertiary/aromatic N) is 1. The number of carbonyl (C=O) groups is 1. The zero-order valence-electron chi connectivity index (χ0n) is 16.8. The second-order valence-electron chi connectivity index (χ2n) is 6.54. The van der Waals surface area contributed by atoms with Gasteiger partial charge in [-0.3, -0.25) is 9.10 Å². The molecular weight excluding hydrogens is 376 g/mol. The van der Waals surface area contributed by atoms with Gasteiger partial charge in [-0.05, 0) is 50.1 Å². The van der Waals surface area contributed by atoms with Gasteiger partial charge in [-0.25, -0.2) is 8.42 Å². The number of hydrogen-bond donors (Lipinski definition) is 1. The Hall–Kier alpha value is -2.54. The summed E-state index contributed by atoms with van der Waals surface area (Å²) in [4.78, 5) is 12.9. The molecule has 0 heterocycles. The second kappa shape index (κ2) is 9.59. The Morgan fingerprint density at radius 2 is 1.68 bits per heavy atom. The third-order valence-corrected chi connectivity index (χ3v) is 5.66. The van der Waals surface area contributed by atoms with Crippen molar-refractivity contribution in [1.29, 1.82) is 0 Å². The van der Waals surface area contributed by atoms with E-state index in [4.69, 9.17) is 4.74 Å². The van der Waals surface area contributed by atoms with Gasteiger partial charge in [0, 0.05) is 0 Å². The quantitative estimate of drug-likeness (QED) is 0.694. The highest BCUT2D eigenvalue weighted by atomic mass is 32.2. The van der Waals surface area contributed by atoms with Gasteiger partial charge in [0.2, 0.25) is 15.9 Å². The van der Waals surface area contributed by atoms with Gasteiger partial charge in [0.1, 0.15) is 11.8 Å². The molecule has 0 radical (unpaired) electrons. The number of carbonyl (C=O) groups excluding carboxylic acids is 1. The van der Waals surface area contributed by atoms with E-state index in [1.165, 1.54) is 0 Å². The summed E-state index contributed by atoms with van der Waals surface area (Å²) in [6.45, 7) is 5.96. The summed E-state index contributed by atoms with van der Waals surface area (Å²) in [6.07, 6.45) is 1.80. The van der Waals surface area contributed by atoms with E-state index in [1.54, 1.807) is 31.2 Å². The van der Waals surface area contributed by atoms with Crippen LogP contribution in [0.25, 0.3) is 0 Å². The van der Waals surface area contributed by atoms with Crippen molar-refractivity contribution in [3.8, 4) is 5.75 Å². The highest BCUT2D eigenvalue weighted by molar-refractivity contribution is 7.92. The lowest BCUT2D eigenvalue weighted by Gasteiger charge is -2.30. The van der Waals surface area contributed by atoms with Crippen LogP contribution < -0.4 is 14.4 Å². The van der Waals surface area contributed by atoms with Crippen molar-refractivity contribution in [3.05, 3.63) is 60.2 Å². The van der Waals surface area contributed by atoms with E-state index in [-0.39, 0.29) is 11.9 Å². The van der Waals surface area contributed by atoms with Crippen LogP contribution in [0, 0.1) is 0 Å². The number of sulfonamides is 1. The van der Waals surface area contributed by atoms with Gasteiger partial charge < -0.3 is 10.1 Å². The Kier molecular flexibility index (Phi) is 7.45. The third-order valence-electron chi connectivity index (χ3n) is 4.42. The van der Waals surface area contributed by atoms with Crippen LogP contribution in [-0.2, 0) is 14.8 Å². The zero-order chi connectivity index (χ0) is 20.7. The monoisotopic (exact) mass is 404 g/mol. The summed E-state index contributed by atoms with van der Waals surface area (Å²) in [6, 6.07) is 15.2. The van der Waals surface area contributed by atoms with Crippen molar-refractivity contribution in [2.24, 2.45) is 0 Å². The Balaban J connectivity index is 2.24. The van der Waals surface area contributed by atoms with E-state index in [0.717, 1.165) is 16.1 Å². The molecule has 2 aromatic carbocycles. The molecule has 6 nitrogen and oxygen atoms in total. The first-order valence-corrected chi connectivity index (χ1v) is 11.2. The number of rotatable bonds is 9. The standard InChI is InChI=1S/C21H28N2O4S/c1-5-20(17-10-8-7-9-11-17)22-21(24)16(3)23(28(4,25)26)18-12-14-19(15-13-18)27-6-2/h7-16,20H,5-6H2,1-4H3,(H,22,24)/t16-,20+/m0/s1. The molecule has 0 saturated carbocycles. The number of ether oxygens (including phenoxy) is 1. The average molecular weight is 405 g/mol. The maximum absolute atomic E-state index is 12.9. The van der Waals surface area contributed by atoms with E-state index in [0.29, 0.717) is 24.5 Å². The first-order valence-electron chi connectivity index (χ1n) is 9.35. The lowest BCUT2D eigenvalue weighted by Crippen LogP contribution is -2.48. The van der Waals surface area contributed by atoms with Gasteiger partial charge in [-0.2, -0.15) is 0 Å². The molecule has 0 aliphatic rings. The van der Waals surface area contributed by atoms with Gasteiger partial charge in [-0.15, -0.1) is 0 Å². The van der Waals surface area contributed by atoms with Gasteiger partial charge in [0.05, 0.1) is 24.6 Å². The maximum Gasteiger partial charge on any atom is 0.244 e. The molecule has 0 unspecified atom stereocenters. The van der Waals surface area contributed by atoms with Crippen LogP contribution >= 0.6 is 0 Å². The highest BCUT2D eigenvalue weighted by Gasteiger charge is 2.30. The highest BCUT2D eigenvalue weighted by Crippen LogP contribution is 2.25. The Morgan fingerprint density at radius 1 is 1.07 bits per heavy atom. The van der Waals surface area contributed by atoms with E-state index in [2.05, 4.69) is 5.32 Å². The van der Waals surface area contributed by atoms with E-state index < -0.39 is 16.1 Å². The summed E-state index contributed by atoms with van der Waals surface area (Å²) in [5.74, 6) is 0.293. The third kappa shape index (κ3) is 5.48. The molecule has 1 N–H and O–H groups in total. The molecule has 0 aliphatic carbocycles. The van der Waals surface area contributed by atoms with Crippen molar-refractivity contribution in [2.45, 2.75) is 39.3 Å². The number of hydrogen-bond acceptors (Lipinski definition) is 4. The van der Waals surface area contributed by atoms with Crippen molar-refractivity contribution in [1.82, 2.24) is 5.32 Å². The van der Waals surface area contributed by atoms with Crippen LogP contribution in [0.3, 0.4) is 0 Å². The molecule has 0 aromatic heterocycles. The topological polar surface area (TPSA) is 75.7 Å². The summed E-state index contributed by atoms with van der Waals surface area (Å²) < 4.78 is 31.4. The summed E-state index contributed by atoms with van der Waals surface area (Å²) in [5.41, 5.74) is 1.40. The van der Waals surface area contributed by atoms with Crippen LogP contribution in [-0.4, -0.2) is 33.2 Å². The van der Waals surface area contributed by atoms with E-state index in [1.807, 2.05) is 44.2 Å². The molecule has 7 heteroatoms. The molecular formula is C21H28N2O4S. The van der Waals surface area contributed by atoms with Crippen LogP contribution in [0.4, 0.5) is 5.69 Å². The first-order chi connectivity index (χ1) is 13.3. The molecule has 0 spiro atoms. The first kappa shape index (κ1) is 21.8. The van der Waals surface area contributed by atoms with Crippen molar-refractivity contribution >= 4 is 21.6 Å². The van der Waals surface area contributed by atoms with Gasteiger partial charge in [-0.1, -0.05) is 37.3 Å². The van der Waals surface area contributed by atoms with Crippen molar-refractivity contribution < 1.29 is 17.9 Å². The Morgan fingerprint density at radius 3 is 2.18 bits per heavy atom. The van der Waals surface area contributed by atoms with Crippen molar-refractivity contribution in [2.75, 3.05) is 17.2 Å². The largest absolute Gasteiger partial charge is 0.494 e. The van der Waals surface area contributed by atoms with E-state index in [9.17, 15) is 13.2 Å². The van der Waals surface area contributed by atoms with Crippen LogP contribution in [0.1, 0.15) is 38.8 Å².